The van der Waals surface area contributed by atoms with Crippen molar-refractivity contribution in [1.29, 1.82) is 0 Å². The fraction of sp³-hybridized carbons (Fsp3) is 0.698. The van der Waals surface area contributed by atoms with Crippen molar-refractivity contribution in [3.8, 4) is 0 Å². The van der Waals surface area contributed by atoms with E-state index in [0.717, 1.165) is 152 Å². The molecule has 0 aromatic rings. The molecule has 0 radical (unpaired) electrons. The third kappa shape index (κ3) is 19.8. The number of hydrogen-bond donors (Lipinski definition) is 0. The summed E-state index contributed by atoms with van der Waals surface area (Å²) in [4.78, 5) is 186. The van der Waals surface area contributed by atoms with Gasteiger partial charge in [0.1, 0.15) is 47.8 Å². The molecule has 8 heterocycles. The van der Waals surface area contributed by atoms with Gasteiger partial charge in [-0.2, -0.15) is 0 Å². The lowest BCUT2D eigenvalue weighted by atomic mass is 9.69. The van der Waals surface area contributed by atoms with Crippen LogP contribution < -0.4 is 0 Å². The van der Waals surface area contributed by atoms with Crippen LogP contribution in [0.25, 0.3) is 0 Å². The van der Waals surface area contributed by atoms with E-state index in [-0.39, 0.29) is 119 Å². The first-order valence-corrected chi connectivity index (χ1v) is 49.8. The van der Waals surface area contributed by atoms with Crippen molar-refractivity contribution < 1.29 is 153 Å². The molecule has 20 bridgehead atoms. The molecule has 0 spiro atoms. The zero-order valence-electron chi connectivity index (χ0n) is 81.0. The molecule has 0 aromatic heterocycles. The summed E-state index contributed by atoms with van der Waals surface area (Å²) in [6, 6.07) is 0. The topological polar surface area (TPSA) is 421 Å². The van der Waals surface area contributed by atoms with Gasteiger partial charge in [-0.05, 0) is 255 Å². The van der Waals surface area contributed by atoms with Gasteiger partial charge >= 0.3 is 95.5 Å². The van der Waals surface area contributed by atoms with E-state index in [4.69, 9.17) is 75.8 Å². The highest BCUT2D eigenvalue weighted by Crippen LogP contribution is 2.67. The molecule has 752 valence electrons. The largest absolute Gasteiger partial charge is 0.460 e. The molecule has 36 atom stereocenters. The Morgan fingerprint density at radius 2 is 0.543 bits per heavy atom. The van der Waals surface area contributed by atoms with Gasteiger partial charge in [0.05, 0.1) is 0 Å². The second-order valence-corrected chi connectivity index (χ2v) is 44.0. The number of esters is 16. The van der Waals surface area contributed by atoms with Gasteiger partial charge in [-0.3, -0.25) is 0 Å². The molecule has 0 aromatic carbocycles. The van der Waals surface area contributed by atoms with Gasteiger partial charge in [0.2, 0.25) is 48.8 Å². The van der Waals surface area contributed by atoms with E-state index in [2.05, 4.69) is 80.3 Å². The fourth-order valence-corrected chi connectivity index (χ4v) is 28.5. The van der Waals surface area contributed by atoms with E-state index < -0.39 is 132 Å². The molecule has 22 rings (SSSR count). The zero-order chi connectivity index (χ0) is 99.7. The monoisotopic (exact) mass is 1920 g/mol. The van der Waals surface area contributed by atoms with Gasteiger partial charge in [0.15, 0.2) is 0 Å². The molecule has 14 saturated carbocycles. The predicted molar refractivity (Wildman–Crippen MR) is 485 cm³/mol. The smallest absolute Gasteiger partial charge is 0.348 e. The molecule has 22 fully saturated rings. The lowest BCUT2D eigenvalue weighted by Gasteiger charge is -2.47. The molecule has 22 aliphatic rings. The summed E-state index contributed by atoms with van der Waals surface area (Å²) in [6.07, 6.45) is 25.5. The van der Waals surface area contributed by atoms with Gasteiger partial charge in [0, 0.05) is 117 Å². The molecule has 36 unspecified atom stereocenters. The summed E-state index contributed by atoms with van der Waals surface area (Å²) < 4.78 is 84.7. The Hall–Kier alpha value is -10.6. The summed E-state index contributed by atoms with van der Waals surface area (Å²) in [6.45, 7) is 46.0. The molecule has 138 heavy (non-hydrogen) atoms. The Kier molecular flexibility index (Phi) is 29.9. The second-order valence-electron chi connectivity index (χ2n) is 44.0. The second kappa shape index (κ2) is 40.6. The maximum absolute atomic E-state index is 12.1. The molecule has 8 saturated heterocycles. The SMILES string of the molecule is C=C(C)C(=O)OC1C(=O)OC2(C)CCC1C2(C)C.C=C(C)C(=O)OC1C(=O)OC2CC1C1C3CCC(C3)C21.C=C(C)C(=O)OC1C(=O)OC2CC1C1CCCC21.C=C(C)C(=O)OC1C(=O)OC2CCC1C2.C=CC(=O)OC1C(=O)OC2(C)CCC1C2(C)C.C=CC(=O)OC1C(=O)OC2CC1C1C3CCC(C3)C21.C=CC(=O)OC1C(=O)OC2CC1C1CCCC21.C=CC(=O)OC1C(=O)OC2CCC1C2. The van der Waals surface area contributed by atoms with Crippen LogP contribution in [0.5, 0.6) is 0 Å². The summed E-state index contributed by atoms with van der Waals surface area (Å²) in [5.41, 5.74) is 0.0314. The maximum atomic E-state index is 12.1. The van der Waals surface area contributed by atoms with E-state index in [1.807, 2.05) is 13.8 Å². The van der Waals surface area contributed by atoms with E-state index in [0.29, 0.717) is 81.5 Å². The predicted octanol–water partition coefficient (Wildman–Crippen LogP) is 13.1. The Morgan fingerprint density at radius 3 is 0.906 bits per heavy atom. The van der Waals surface area contributed by atoms with E-state index in [1.165, 1.54) is 51.4 Å². The molecule has 14 aliphatic carbocycles. The van der Waals surface area contributed by atoms with Crippen LogP contribution in [0.1, 0.15) is 236 Å². The van der Waals surface area contributed by atoms with Crippen LogP contribution >= 0.6 is 0 Å². The number of ether oxygens (including phenoxy) is 16. The molecule has 0 amide bonds. The minimum Gasteiger partial charge on any atom is -0.460 e. The van der Waals surface area contributed by atoms with Crippen molar-refractivity contribution in [3.63, 3.8) is 0 Å². The lowest BCUT2D eigenvalue weighted by molar-refractivity contribution is -0.209. The van der Waals surface area contributed by atoms with Crippen LogP contribution in [-0.2, 0) is 153 Å². The Morgan fingerprint density at radius 1 is 0.275 bits per heavy atom. The van der Waals surface area contributed by atoms with Crippen molar-refractivity contribution in [2.24, 2.45) is 129 Å². The van der Waals surface area contributed by atoms with Crippen molar-refractivity contribution in [1.82, 2.24) is 0 Å². The normalized spacial score (nSPS) is 41.1. The van der Waals surface area contributed by atoms with Crippen LogP contribution in [0.15, 0.2) is 99.2 Å². The maximum Gasteiger partial charge on any atom is 0.348 e. The van der Waals surface area contributed by atoms with Gasteiger partial charge in [-0.15, -0.1) is 0 Å². The molecule has 32 nitrogen and oxygen atoms in total. The highest BCUT2D eigenvalue weighted by Gasteiger charge is 2.69. The first-order valence-electron chi connectivity index (χ1n) is 49.8. The highest BCUT2D eigenvalue weighted by molar-refractivity contribution is 5.93. The van der Waals surface area contributed by atoms with Crippen molar-refractivity contribution >= 4 is 95.5 Å². The zero-order valence-corrected chi connectivity index (χ0v) is 81.0. The third-order valence-corrected chi connectivity index (χ3v) is 35.8. The highest BCUT2D eigenvalue weighted by atomic mass is 16.7. The molecular formula is C106H136O32. The third-order valence-electron chi connectivity index (χ3n) is 35.8. The van der Waals surface area contributed by atoms with Crippen LogP contribution in [-0.4, -0.2) is 192 Å². The summed E-state index contributed by atoms with van der Waals surface area (Å²) in [5, 5.41) is 0. The van der Waals surface area contributed by atoms with Gasteiger partial charge in [-0.1, -0.05) is 93.2 Å². The van der Waals surface area contributed by atoms with Crippen molar-refractivity contribution in [3.05, 3.63) is 99.2 Å². The molecule has 8 aliphatic heterocycles. The average Bonchev–Trinajstić information content (AvgIpc) is 1.56. The number of rotatable bonds is 16. The molecule has 32 heteroatoms. The molecular weight excluding hydrogens is 1790 g/mol. The minimum absolute atomic E-state index is 0.0204. The summed E-state index contributed by atoms with van der Waals surface area (Å²) in [5.74, 6) is 0.703. The summed E-state index contributed by atoms with van der Waals surface area (Å²) in [7, 11) is 0. The first-order chi connectivity index (χ1) is 65.3. The van der Waals surface area contributed by atoms with E-state index in [1.54, 1.807) is 27.7 Å². The average molecular weight is 1920 g/mol. The Balaban J connectivity index is 0.000000120. The number of hydrogen-bond acceptors (Lipinski definition) is 32. The fourth-order valence-electron chi connectivity index (χ4n) is 28.5. The summed E-state index contributed by atoms with van der Waals surface area (Å²) >= 11 is 0. The number of carbonyl (C=O) groups is 16. The first kappa shape index (κ1) is 102. The minimum atomic E-state index is -0.792. The van der Waals surface area contributed by atoms with Crippen LogP contribution in [0.3, 0.4) is 0 Å². The van der Waals surface area contributed by atoms with Gasteiger partial charge in [0.25, 0.3) is 0 Å². The lowest BCUT2D eigenvalue weighted by Crippen LogP contribution is -2.56. The molecule has 0 N–H and O–H groups in total. The van der Waals surface area contributed by atoms with Crippen LogP contribution in [0.2, 0.25) is 0 Å². The van der Waals surface area contributed by atoms with Gasteiger partial charge in [-0.25, -0.2) is 76.7 Å². The Labute approximate surface area is 805 Å². The van der Waals surface area contributed by atoms with E-state index >= 15 is 0 Å². The van der Waals surface area contributed by atoms with Gasteiger partial charge < -0.3 is 75.8 Å². The van der Waals surface area contributed by atoms with Crippen molar-refractivity contribution in [2.75, 3.05) is 0 Å². The standard InChI is InChI=1S/C16H20O4.C15H18O4.C14H18O4.C14H20O4.C13H16O4.C13H18O4.C11H14O4.C10H12O4/c1-7(2)15(17)20-14-10-6-11(19-16(14)18)13-9-4-3-8(5-9)12(10)13;1-2-11(16)19-14-9-6-10(18-15(14)17)13-8-4-3-7(5-8)12(9)13;1-7(2)13(15)18-12-10-6-11(17-14(12)16)9-5-3-4-8(9)10;1-8(2)11(15)17-10-9-6-7-14(5,13(9,3)4)18-12(10)16;1-2-11(14)17-12-9-6-10(16-13(12)15)8-5-3-4-7(8)9;1-5-9(14)16-10-8-6-7-13(4,12(8,2)3)17-11(10)15;1-6(2)10(12)15-9-7-3-4-8(5-7)14-11(9)13;1-2-8(11)14-9-6-3-4-7(5-6)13-10(9)12/h8-14H,1,3-6H2,2H3;2,7-10,12-14H,1,3-6H2;8-12H,1,3-6H2,2H3;9-10H,1,6-7H2,2-5H3;2,7-10,12H,1,3-6H2;5,8,10H,1,6-7H2,2-4H3;7-9H,1,3-5H2,2H3;2,6-7,9H,1,3-5H2. The number of carbonyl (C=O) groups excluding carboxylic acids is 16. The van der Waals surface area contributed by atoms with Crippen LogP contribution in [0.4, 0.5) is 0 Å². The number of fused-ring (bicyclic) bond motifs is 36. The van der Waals surface area contributed by atoms with Crippen molar-refractivity contribution in [2.45, 2.75) is 333 Å². The van der Waals surface area contributed by atoms with E-state index in [9.17, 15) is 76.7 Å². The quantitative estimate of drug-likeness (QED) is 0.0599. The van der Waals surface area contributed by atoms with Crippen LogP contribution in [0, 0.1) is 129 Å². The Bertz CT molecular complexity index is 4950.